The topological polar surface area (TPSA) is 118 Å². The Balaban J connectivity index is 1.60. The van der Waals surface area contributed by atoms with Gasteiger partial charge in [-0.3, -0.25) is 19.2 Å². The molecule has 17 heteroatoms. The van der Waals surface area contributed by atoms with Crippen molar-refractivity contribution in [3.63, 3.8) is 0 Å². The van der Waals surface area contributed by atoms with Gasteiger partial charge in [-0.25, -0.2) is 14.7 Å². The maximum absolute atomic E-state index is 13.3. The summed E-state index contributed by atoms with van der Waals surface area (Å²) in [5, 5.41) is 9.53. The molecule has 0 radical (unpaired) electrons. The Morgan fingerprint density at radius 2 is 1.92 bits per heavy atom. The Hall–Kier alpha value is -2.72. The van der Waals surface area contributed by atoms with Gasteiger partial charge in [0.1, 0.15) is 29.5 Å². The average molecular weight is 701 g/mol. The second kappa shape index (κ2) is 11.2. The molecule has 10 nitrogen and oxygen atoms in total. The Morgan fingerprint density at radius 3 is 2.61 bits per heavy atom. The molecule has 1 saturated heterocycles. The number of nitrogens with one attached hydrogen (secondary N) is 2. The summed E-state index contributed by atoms with van der Waals surface area (Å²) in [6.45, 7) is -2.14. The monoisotopic (exact) mass is 698 g/mol. The van der Waals surface area contributed by atoms with Crippen molar-refractivity contribution in [2.75, 3.05) is 18.5 Å². The van der Waals surface area contributed by atoms with E-state index < -0.39 is 43.1 Å². The Kier molecular flexibility index (Phi) is 8.32. The van der Waals surface area contributed by atoms with Crippen molar-refractivity contribution in [1.82, 2.24) is 25.1 Å². The molecule has 4 rings (SSSR count). The minimum absolute atomic E-state index is 0.00662. The molecule has 1 atom stereocenters. The number of aromatic nitrogens is 3. The smallest absolute Gasteiger partial charge is 0.338 e. The quantitative estimate of drug-likeness (QED) is 0.382. The lowest BCUT2D eigenvalue weighted by Crippen LogP contribution is -2.44. The number of carbonyl (C=O) groups excluding carboxylic acids is 3. The van der Waals surface area contributed by atoms with Gasteiger partial charge in [0.15, 0.2) is 5.82 Å². The van der Waals surface area contributed by atoms with Crippen LogP contribution in [0.15, 0.2) is 45.6 Å². The van der Waals surface area contributed by atoms with Gasteiger partial charge >= 0.3 is 6.18 Å². The number of hydrogen-bond donors (Lipinski definition) is 2. The van der Waals surface area contributed by atoms with E-state index in [-0.39, 0.29) is 42.3 Å². The zero-order valence-corrected chi connectivity index (χ0v) is 23.2. The highest BCUT2D eigenvalue weighted by atomic mass is 79.9. The van der Waals surface area contributed by atoms with Crippen molar-refractivity contribution >= 4 is 78.5 Å². The van der Waals surface area contributed by atoms with Crippen LogP contribution in [0, 0.1) is 0 Å². The SMILES string of the molecule is O=C(NC1CON(CC(F)(F)F)C1=O)c1cc(Cl)cc(Br)c1NC(=O)c1cc(Br)nn1-c1ncccc1Cl. The number of rotatable bonds is 6. The van der Waals surface area contributed by atoms with Crippen LogP contribution in [0.3, 0.4) is 0 Å². The third kappa shape index (κ3) is 6.29. The van der Waals surface area contributed by atoms with Crippen molar-refractivity contribution in [1.29, 1.82) is 0 Å². The number of hydrogen-bond acceptors (Lipinski definition) is 6. The fourth-order valence-corrected chi connectivity index (χ4v) is 4.85. The van der Waals surface area contributed by atoms with Gasteiger partial charge in [0.2, 0.25) is 0 Å². The van der Waals surface area contributed by atoms with Gasteiger partial charge in [-0.05, 0) is 56.1 Å². The lowest BCUT2D eigenvalue weighted by Gasteiger charge is -2.17. The Labute approximate surface area is 238 Å². The van der Waals surface area contributed by atoms with Crippen LogP contribution in [-0.4, -0.2) is 62.9 Å². The summed E-state index contributed by atoms with van der Waals surface area (Å²) in [4.78, 5) is 47.5. The molecule has 0 saturated carbocycles. The number of alkyl halides is 3. The zero-order valence-electron chi connectivity index (χ0n) is 18.5. The fourth-order valence-electron chi connectivity index (χ4n) is 3.36. The second-order valence-corrected chi connectivity index (χ2v) is 10.2. The molecule has 3 amide bonds. The van der Waals surface area contributed by atoms with E-state index in [1.165, 1.54) is 29.1 Å². The summed E-state index contributed by atoms with van der Waals surface area (Å²) in [5.74, 6) is -2.54. The van der Waals surface area contributed by atoms with Crippen molar-refractivity contribution in [3.05, 3.63) is 66.9 Å². The number of benzene rings is 1. The largest absolute Gasteiger partial charge is 0.408 e. The summed E-state index contributed by atoms with van der Waals surface area (Å²) in [6, 6.07) is 5.79. The highest BCUT2D eigenvalue weighted by molar-refractivity contribution is 9.10. The first kappa shape index (κ1) is 28.3. The standard InChI is InChI=1S/C21H13Br2Cl2F3N6O4/c22-11-5-9(24)4-10(18(35)30-13-7-38-33(20(13)37)8-21(26,27)28)16(11)31-19(36)14-6-15(23)32-34(14)17-12(25)2-1-3-29-17/h1-6,13H,7-8H2,(H,30,35)(H,31,36). The summed E-state index contributed by atoms with van der Waals surface area (Å²) in [6.07, 6.45) is -3.23. The molecule has 1 aliphatic rings. The van der Waals surface area contributed by atoms with Gasteiger partial charge in [0, 0.05) is 21.8 Å². The molecule has 38 heavy (non-hydrogen) atoms. The molecule has 1 fully saturated rings. The van der Waals surface area contributed by atoms with E-state index in [1.54, 1.807) is 12.1 Å². The predicted molar refractivity (Wildman–Crippen MR) is 136 cm³/mol. The van der Waals surface area contributed by atoms with E-state index in [0.717, 1.165) is 0 Å². The minimum Gasteiger partial charge on any atom is -0.338 e. The van der Waals surface area contributed by atoms with Crippen LogP contribution in [0.2, 0.25) is 10.0 Å². The molecule has 0 spiro atoms. The minimum atomic E-state index is -4.69. The summed E-state index contributed by atoms with van der Waals surface area (Å²) in [7, 11) is 0. The van der Waals surface area contributed by atoms with Crippen molar-refractivity contribution in [3.8, 4) is 5.82 Å². The molecule has 0 bridgehead atoms. The molecule has 1 aromatic carbocycles. The number of halogens is 7. The van der Waals surface area contributed by atoms with Gasteiger partial charge in [-0.1, -0.05) is 23.2 Å². The van der Waals surface area contributed by atoms with Crippen LogP contribution in [0.4, 0.5) is 18.9 Å². The van der Waals surface area contributed by atoms with E-state index in [9.17, 15) is 27.6 Å². The van der Waals surface area contributed by atoms with Crippen LogP contribution in [-0.2, 0) is 9.63 Å². The van der Waals surface area contributed by atoms with E-state index in [2.05, 4.69) is 52.6 Å². The van der Waals surface area contributed by atoms with Crippen molar-refractivity contribution in [2.45, 2.75) is 12.2 Å². The van der Waals surface area contributed by atoms with Gasteiger partial charge in [0.25, 0.3) is 17.7 Å². The number of anilines is 1. The summed E-state index contributed by atoms with van der Waals surface area (Å²) >= 11 is 18.8. The first-order valence-corrected chi connectivity index (χ1v) is 12.7. The van der Waals surface area contributed by atoms with Gasteiger partial charge in [-0.2, -0.15) is 18.3 Å². The van der Waals surface area contributed by atoms with Crippen LogP contribution >= 0.6 is 55.1 Å². The molecule has 200 valence electrons. The third-order valence-corrected chi connectivity index (χ3v) is 6.49. The zero-order chi connectivity index (χ0) is 27.8. The normalized spacial score (nSPS) is 15.6. The molecule has 3 heterocycles. The maximum Gasteiger partial charge on any atom is 0.408 e. The molecule has 3 aromatic rings. The Morgan fingerprint density at radius 1 is 1.18 bits per heavy atom. The highest BCUT2D eigenvalue weighted by Gasteiger charge is 2.41. The van der Waals surface area contributed by atoms with E-state index in [1.807, 2.05) is 0 Å². The fraction of sp³-hybridized carbons (Fsp3) is 0.190. The summed E-state index contributed by atoms with van der Waals surface area (Å²) < 4.78 is 39.7. The number of carbonyl (C=O) groups is 3. The number of nitrogens with zero attached hydrogens (tertiary/aromatic N) is 4. The molecule has 1 unspecified atom stereocenters. The summed E-state index contributed by atoms with van der Waals surface area (Å²) in [5.41, 5.74) is -0.222. The molecule has 0 aliphatic carbocycles. The average Bonchev–Trinajstić information content (AvgIpc) is 3.37. The van der Waals surface area contributed by atoms with E-state index in [4.69, 9.17) is 28.0 Å². The van der Waals surface area contributed by atoms with Crippen molar-refractivity contribution in [2.24, 2.45) is 0 Å². The van der Waals surface area contributed by atoms with Crippen LogP contribution in [0.1, 0.15) is 20.8 Å². The van der Waals surface area contributed by atoms with Gasteiger partial charge in [0.05, 0.1) is 16.3 Å². The van der Waals surface area contributed by atoms with Gasteiger partial charge in [-0.15, -0.1) is 0 Å². The highest BCUT2D eigenvalue weighted by Crippen LogP contribution is 2.32. The van der Waals surface area contributed by atoms with Crippen molar-refractivity contribution < 1.29 is 32.4 Å². The molecule has 1 aliphatic heterocycles. The van der Waals surface area contributed by atoms with E-state index in [0.29, 0.717) is 4.60 Å². The molecule has 2 aromatic heterocycles. The number of amides is 3. The molecular formula is C21H13Br2Cl2F3N6O4. The second-order valence-electron chi connectivity index (χ2n) is 7.65. The van der Waals surface area contributed by atoms with Crippen LogP contribution < -0.4 is 10.6 Å². The number of pyridine rings is 1. The van der Waals surface area contributed by atoms with E-state index >= 15 is 0 Å². The van der Waals surface area contributed by atoms with Crippen LogP contribution in [0.5, 0.6) is 0 Å². The number of hydroxylamine groups is 2. The molecule has 2 N–H and O–H groups in total. The third-order valence-electron chi connectivity index (χ3n) is 4.96. The van der Waals surface area contributed by atoms with Gasteiger partial charge < -0.3 is 10.6 Å². The lowest BCUT2D eigenvalue weighted by atomic mass is 10.1. The maximum atomic E-state index is 13.3. The van der Waals surface area contributed by atoms with Crippen LogP contribution in [0.25, 0.3) is 5.82 Å². The first-order chi connectivity index (χ1) is 17.8. The molecular weight excluding hydrogens is 688 g/mol. The first-order valence-electron chi connectivity index (χ1n) is 10.3. The lowest BCUT2D eigenvalue weighted by molar-refractivity contribution is -0.214. The predicted octanol–water partition coefficient (Wildman–Crippen LogP) is 4.79. The Bertz CT molecular complexity index is 1440.